The molecule has 0 unspecified atom stereocenters. The Labute approximate surface area is 217 Å². The molecular weight excluding hydrogens is 551 g/mol. The van der Waals surface area contributed by atoms with E-state index in [0.29, 0.717) is 6.61 Å². The zero-order valence-electron chi connectivity index (χ0n) is 19.1. The maximum absolute atomic E-state index is 12.9. The van der Waals surface area contributed by atoms with Gasteiger partial charge in [0.2, 0.25) is 0 Å². The molecule has 3 amide bonds. The number of rotatable bonds is 6. The Bertz CT molecular complexity index is 1460. The van der Waals surface area contributed by atoms with Gasteiger partial charge < -0.3 is 10.1 Å². The van der Waals surface area contributed by atoms with Crippen LogP contribution in [0.15, 0.2) is 90.6 Å². The molecule has 1 saturated heterocycles. The van der Waals surface area contributed by atoms with Crippen LogP contribution >= 0.6 is 22.6 Å². The molecule has 1 aliphatic heterocycles. The number of halogens is 1. The molecule has 35 heavy (non-hydrogen) atoms. The number of urea groups is 1. The molecular formula is C29H23IN2O3. The Morgan fingerprint density at radius 3 is 2.51 bits per heavy atom. The number of hydrogen-bond donors (Lipinski definition) is 1. The Balaban J connectivity index is 1.29. The number of ether oxygens (including phenoxy) is 1. The number of imide groups is 1. The number of amides is 3. The first kappa shape index (κ1) is 23.1. The van der Waals surface area contributed by atoms with Crippen molar-refractivity contribution in [3.63, 3.8) is 0 Å². The standard InChI is InChI=1S/C29H23IN2O3/c1-19-9-11-20(12-10-19)17-32-28(33)26(31-29(32)34)16-21-13-14-27(25(30)15-21)35-18-23-7-4-6-22-5-2-3-8-24(22)23/h2-16H,17-18H2,1H3,(H,31,34)/b26-16+. The smallest absolute Gasteiger partial charge is 0.329 e. The van der Waals surface area contributed by atoms with E-state index in [1.807, 2.05) is 67.6 Å². The van der Waals surface area contributed by atoms with Gasteiger partial charge in [0.1, 0.15) is 18.1 Å². The maximum atomic E-state index is 12.9. The van der Waals surface area contributed by atoms with Gasteiger partial charge in [-0.3, -0.25) is 9.69 Å². The van der Waals surface area contributed by atoms with Crippen LogP contribution < -0.4 is 10.1 Å². The molecule has 1 N–H and O–H groups in total. The monoisotopic (exact) mass is 574 g/mol. The van der Waals surface area contributed by atoms with E-state index in [4.69, 9.17) is 4.74 Å². The van der Waals surface area contributed by atoms with Crippen molar-refractivity contribution in [3.05, 3.63) is 116 Å². The van der Waals surface area contributed by atoms with Gasteiger partial charge in [-0.05, 0) is 75.2 Å². The Morgan fingerprint density at radius 2 is 1.71 bits per heavy atom. The van der Waals surface area contributed by atoms with E-state index in [1.54, 1.807) is 6.08 Å². The molecule has 0 spiro atoms. The molecule has 0 aliphatic carbocycles. The molecule has 1 aliphatic rings. The van der Waals surface area contributed by atoms with Crippen LogP contribution in [0.25, 0.3) is 16.8 Å². The number of carbonyl (C=O) groups is 2. The minimum atomic E-state index is -0.411. The lowest BCUT2D eigenvalue weighted by Crippen LogP contribution is -2.30. The quantitative estimate of drug-likeness (QED) is 0.164. The summed E-state index contributed by atoms with van der Waals surface area (Å²) in [5.74, 6) is 0.435. The number of benzene rings is 4. The first-order valence-electron chi connectivity index (χ1n) is 11.3. The maximum Gasteiger partial charge on any atom is 0.329 e. The Hall–Kier alpha value is -3.65. The fourth-order valence-corrected chi connectivity index (χ4v) is 4.75. The average Bonchev–Trinajstić information content (AvgIpc) is 3.12. The van der Waals surface area contributed by atoms with E-state index in [2.05, 4.69) is 52.2 Å². The van der Waals surface area contributed by atoms with Gasteiger partial charge in [0, 0.05) is 0 Å². The Morgan fingerprint density at radius 1 is 0.943 bits per heavy atom. The molecule has 1 heterocycles. The van der Waals surface area contributed by atoms with Crippen molar-refractivity contribution in [1.29, 1.82) is 0 Å². The van der Waals surface area contributed by atoms with E-state index in [0.717, 1.165) is 31.6 Å². The first-order chi connectivity index (χ1) is 17.0. The van der Waals surface area contributed by atoms with E-state index < -0.39 is 6.03 Å². The minimum absolute atomic E-state index is 0.237. The van der Waals surface area contributed by atoms with Gasteiger partial charge in [-0.1, -0.05) is 78.4 Å². The lowest BCUT2D eigenvalue weighted by molar-refractivity contribution is -0.123. The van der Waals surface area contributed by atoms with E-state index in [-0.39, 0.29) is 18.1 Å². The fourth-order valence-electron chi connectivity index (χ4n) is 4.06. The van der Waals surface area contributed by atoms with Crippen molar-refractivity contribution in [3.8, 4) is 5.75 Å². The van der Waals surface area contributed by atoms with Gasteiger partial charge in [-0.2, -0.15) is 0 Å². The summed E-state index contributed by atoms with van der Waals surface area (Å²) in [7, 11) is 0. The first-order valence-corrected chi connectivity index (χ1v) is 12.3. The van der Waals surface area contributed by atoms with Gasteiger partial charge >= 0.3 is 6.03 Å². The number of nitrogens with zero attached hydrogens (tertiary/aromatic N) is 1. The lowest BCUT2D eigenvalue weighted by Gasteiger charge is -2.12. The SMILES string of the molecule is Cc1ccc(CN2C(=O)N/C(=C/c3ccc(OCc4cccc5ccccc45)c(I)c3)C2=O)cc1. The highest BCUT2D eigenvalue weighted by atomic mass is 127. The highest BCUT2D eigenvalue weighted by molar-refractivity contribution is 14.1. The van der Waals surface area contributed by atoms with Crippen molar-refractivity contribution in [2.24, 2.45) is 0 Å². The third kappa shape index (κ3) is 5.07. The predicted octanol–water partition coefficient (Wildman–Crippen LogP) is 6.42. The van der Waals surface area contributed by atoms with Gasteiger partial charge in [-0.15, -0.1) is 0 Å². The molecule has 1 fully saturated rings. The highest BCUT2D eigenvalue weighted by Gasteiger charge is 2.33. The van der Waals surface area contributed by atoms with E-state index in [9.17, 15) is 9.59 Å². The molecule has 5 rings (SSSR count). The minimum Gasteiger partial charge on any atom is -0.488 e. The van der Waals surface area contributed by atoms with Gasteiger partial charge in [0.15, 0.2) is 0 Å². The molecule has 5 nitrogen and oxygen atoms in total. The van der Waals surface area contributed by atoms with Crippen LogP contribution in [0.4, 0.5) is 4.79 Å². The van der Waals surface area contributed by atoms with Crippen LogP contribution in [0.2, 0.25) is 0 Å². The summed E-state index contributed by atoms with van der Waals surface area (Å²) in [5, 5.41) is 5.06. The van der Waals surface area contributed by atoms with Gasteiger partial charge in [-0.25, -0.2) is 4.79 Å². The van der Waals surface area contributed by atoms with Gasteiger partial charge in [0.05, 0.1) is 10.1 Å². The highest BCUT2D eigenvalue weighted by Crippen LogP contribution is 2.27. The second-order valence-corrected chi connectivity index (χ2v) is 9.64. The number of fused-ring (bicyclic) bond motifs is 1. The molecule has 6 heteroatoms. The molecule has 0 saturated carbocycles. The van der Waals surface area contributed by atoms with Crippen LogP contribution in [0.3, 0.4) is 0 Å². The summed E-state index contributed by atoms with van der Waals surface area (Å²) >= 11 is 2.23. The third-order valence-electron chi connectivity index (χ3n) is 5.95. The Kier molecular flexibility index (Phi) is 6.55. The number of carbonyl (C=O) groups excluding carboxylic acids is 2. The lowest BCUT2D eigenvalue weighted by atomic mass is 10.1. The number of aryl methyl sites for hydroxylation is 1. The van der Waals surface area contributed by atoms with Crippen LogP contribution in [0.5, 0.6) is 5.75 Å². The van der Waals surface area contributed by atoms with E-state index in [1.165, 1.54) is 15.7 Å². The van der Waals surface area contributed by atoms with Gasteiger partial charge in [0.25, 0.3) is 5.91 Å². The second-order valence-electron chi connectivity index (χ2n) is 8.48. The van der Waals surface area contributed by atoms with Crippen LogP contribution in [0, 0.1) is 10.5 Å². The van der Waals surface area contributed by atoms with Crippen LogP contribution in [-0.4, -0.2) is 16.8 Å². The van der Waals surface area contributed by atoms with Crippen molar-refractivity contribution >= 4 is 51.4 Å². The molecule has 4 aromatic rings. The average molecular weight is 574 g/mol. The fraction of sp³-hybridized carbons (Fsp3) is 0.103. The summed E-state index contributed by atoms with van der Waals surface area (Å²) in [5.41, 5.74) is 4.24. The predicted molar refractivity (Wildman–Crippen MR) is 146 cm³/mol. The van der Waals surface area contributed by atoms with E-state index >= 15 is 0 Å². The topological polar surface area (TPSA) is 58.6 Å². The molecule has 0 bridgehead atoms. The zero-order valence-corrected chi connectivity index (χ0v) is 21.3. The third-order valence-corrected chi connectivity index (χ3v) is 6.80. The largest absolute Gasteiger partial charge is 0.488 e. The summed E-state index contributed by atoms with van der Waals surface area (Å²) in [6.45, 7) is 2.70. The zero-order chi connectivity index (χ0) is 24.4. The number of hydrogen-bond acceptors (Lipinski definition) is 3. The summed E-state index contributed by atoms with van der Waals surface area (Å²) in [6.07, 6.45) is 1.70. The summed E-state index contributed by atoms with van der Waals surface area (Å²) in [6, 6.07) is 27.6. The number of nitrogens with one attached hydrogen (secondary N) is 1. The van der Waals surface area contributed by atoms with Crippen LogP contribution in [-0.2, 0) is 17.9 Å². The van der Waals surface area contributed by atoms with Crippen molar-refractivity contribution in [1.82, 2.24) is 10.2 Å². The van der Waals surface area contributed by atoms with Crippen molar-refractivity contribution < 1.29 is 14.3 Å². The molecule has 0 radical (unpaired) electrons. The molecule has 174 valence electrons. The molecule has 0 aromatic heterocycles. The molecule has 0 atom stereocenters. The molecule has 4 aromatic carbocycles. The second kappa shape index (κ2) is 9.92. The van der Waals surface area contributed by atoms with Crippen LogP contribution in [0.1, 0.15) is 22.3 Å². The van der Waals surface area contributed by atoms with Crippen molar-refractivity contribution in [2.75, 3.05) is 0 Å². The van der Waals surface area contributed by atoms with Crippen molar-refractivity contribution in [2.45, 2.75) is 20.1 Å². The summed E-state index contributed by atoms with van der Waals surface area (Å²) in [4.78, 5) is 26.5. The normalized spacial score (nSPS) is 14.6. The summed E-state index contributed by atoms with van der Waals surface area (Å²) < 4.78 is 7.03.